The number of primary amides is 1. The third-order valence-electron chi connectivity index (χ3n) is 5.55. The van der Waals surface area contributed by atoms with Gasteiger partial charge in [-0.15, -0.1) is 0 Å². The van der Waals surface area contributed by atoms with Crippen LogP contribution in [0, 0.1) is 0 Å². The van der Waals surface area contributed by atoms with Crippen LogP contribution in [0.2, 0.25) is 0 Å². The van der Waals surface area contributed by atoms with Gasteiger partial charge in [0.25, 0.3) is 0 Å². The predicted molar refractivity (Wildman–Crippen MR) is 102 cm³/mol. The van der Waals surface area contributed by atoms with Crippen LogP contribution in [-0.2, 0) is 19.2 Å². The number of hydrogen-bond acceptors (Lipinski definition) is 7. The summed E-state index contributed by atoms with van der Waals surface area (Å²) in [4.78, 5) is 52.5. The Bertz CT molecular complexity index is 655. The van der Waals surface area contributed by atoms with Crippen LogP contribution in [0.3, 0.4) is 0 Å². The van der Waals surface area contributed by atoms with Crippen molar-refractivity contribution >= 4 is 23.6 Å². The summed E-state index contributed by atoms with van der Waals surface area (Å²) in [5, 5.41) is 21.6. The van der Waals surface area contributed by atoms with Gasteiger partial charge in [-0.3, -0.25) is 19.2 Å². The van der Waals surface area contributed by atoms with Gasteiger partial charge in [0.05, 0.1) is 12.2 Å². The largest absolute Gasteiger partial charge is 0.391 e. The molecule has 0 bridgehead atoms. The molecule has 7 N–H and O–H groups in total. The van der Waals surface area contributed by atoms with Gasteiger partial charge in [0.2, 0.25) is 23.6 Å². The average molecular weight is 413 g/mol. The summed E-state index contributed by atoms with van der Waals surface area (Å²) < 4.78 is 0. The van der Waals surface area contributed by atoms with Crippen LogP contribution in [-0.4, -0.2) is 93.1 Å². The molecule has 2 aliphatic rings. The number of carbonyl (C=O) groups excluding carboxylic acids is 4. The third-order valence-corrected chi connectivity index (χ3v) is 5.55. The Hall–Kier alpha value is -2.24. The van der Waals surface area contributed by atoms with Crippen molar-refractivity contribution in [1.29, 1.82) is 0 Å². The van der Waals surface area contributed by atoms with E-state index in [1.807, 2.05) is 0 Å². The van der Waals surface area contributed by atoms with E-state index in [1.54, 1.807) is 0 Å². The molecule has 2 saturated heterocycles. The molecule has 29 heavy (non-hydrogen) atoms. The number of hydrogen-bond donors (Lipinski definition) is 5. The summed E-state index contributed by atoms with van der Waals surface area (Å²) in [5.74, 6) is -2.31. The Kier molecular flexibility index (Phi) is 7.55. The molecule has 2 heterocycles. The van der Waals surface area contributed by atoms with Crippen LogP contribution < -0.4 is 16.8 Å². The van der Waals surface area contributed by atoms with Gasteiger partial charge in [0.1, 0.15) is 24.2 Å². The van der Waals surface area contributed by atoms with Crippen molar-refractivity contribution in [2.45, 2.75) is 75.9 Å². The molecule has 0 aliphatic carbocycles. The zero-order chi connectivity index (χ0) is 21.9. The SMILES string of the molecule is CC(O)C(N)C(=O)N1CCC[C@@H]1C(=O)N1CCC[C@@H]1C(=O)NC(C(N)=O)[C@H](C)O. The lowest BCUT2D eigenvalue weighted by molar-refractivity contribution is -0.148. The van der Waals surface area contributed by atoms with Crippen LogP contribution in [0.5, 0.6) is 0 Å². The first-order valence-electron chi connectivity index (χ1n) is 9.88. The van der Waals surface area contributed by atoms with E-state index in [2.05, 4.69) is 5.32 Å². The van der Waals surface area contributed by atoms with Crippen LogP contribution >= 0.6 is 0 Å². The number of aliphatic hydroxyl groups is 2. The summed E-state index contributed by atoms with van der Waals surface area (Å²) in [6.45, 7) is 3.44. The number of likely N-dealkylation sites (tertiary alicyclic amines) is 2. The molecule has 0 spiro atoms. The predicted octanol–water partition coefficient (Wildman–Crippen LogP) is -2.97. The number of nitrogens with one attached hydrogen (secondary N) is 1. The molecule has 2 aliphatic heterocycles. The fourth-order valence-electron chi connectivity index (χ4n) is 3.86. The summed E-state index contributed by atoms with van der Waals surface area (Å²) in [5.41, 5.74) is 11.0. The highest BCUT2D eigenvalue weighted by Gasteiger charge is 2.43. The van der Waals surface area contributed by atoms with E-state index in [0.29, 0.717) is 38.8 Å². The number of nitrogens with two attached hydrogens (primary N) is 2. The lowest BCUT2D eigenvalue weighted by Crippen LogP contribution is -2.58. The lowest BCUT2D eigenvalue weighted by atomic mass is 10.1. The van der Waals surface area contributed by atoms with Crippen LogP contribution in [0.4, 0.5) is 0 Å². The molecule has 0 saturated carbocycles. The molecule has 6 atom stereocenters. The number of rotatable bonds is 7. The Morgan fingerprint density at radius 3 is 2.03 bits per heavy atom. The van der Waals surface area contributed by atoms with E-state index in [9.17, 15) is 29.4 Å². The molecule has 0 aromatic rings. The standard InChI is InChI=1S/C18H31N5O6/c1-9(24)13(19)18(29)23-8-4-6-12(23)17(28)22-7-3-5-11(22)16(27)21-14(10(2)25)15(20)26/h9-14,24-25H,3-8,19H2,1-2H3,(H2,20,26)(H,21,27)/t9?,10-,11+,12+,13?,14?/m0/s1. The molecule has 0 aromatic heterocycles. The average Bonchev–Trinajstić information content (AvgIpc) is 3.32. The van der Waals surface area contributed by atoms with Crippen molar-refractivity contribution in [3.63, 3.8) is 0 Å². The molecule has 11 heteroatoms. The van der Waals surface area contributed by atoms with Gasteiger partial charge in [0.15, 0.2) is 0 Å². The summed E-state index contributed by atoms with van der Waals surface area (Å²) in [6.07, 6.45) is -0.170. The summed E-state index contributed by atoms with van der Waals surface area (Å²) in [6, 6.07) is -3.94. The summed E-state index contributed by atoms with van der Waals surface area (Å²) in [7, 11) is 0. The normalized spacial score (nSPS) is 26.0. The van der Waals surface area contributed by atoms with Gasteiger partial charge in [-0.2, -0.15) is 0 Å². The number of carbonyl (C=O) groups is 4. The topological polar surface area (TPSA) is 179 Å². The minimum atomic E-state index is -1.26. The van der Waals surface area contributed by atoms with Gasteiger partial charge in [-0.25, -0.2) is 0 Å². The monoisotopic (exact) mass is 413 g/mol. The van der Waals surface area contributed by atoms with E-state index < -0.39 is 54.1 Å². The second-order valence-corrected chi connectivity index (χ2v) is 7.77. The molecule has 0 aromatic carbocycles. The van der Waals surface area contributed by atoms with E-state index in [4.69, 9.17) is 11.5 Å². The van der Waals surface area contributed by atoms with Crippen LogP contribution in [0.25, 0.3) is 0 Å². The molecular formula is C18H31N5O6. The maximum Gasteiger partial charge on any atom is 0.246 e. The number of nitrogens with zero attached hydrogens (tertiary/aromatic N) is 2. The fraction of sp³-hybridized carbons (Fsp3) is 0.778. The van der Waals surface area contributed by atoms with Gasteiger partial charge in [0, 0.05) is 13.1 Å². The smallest absolute Gasteiger partial charge is 0.246 e. The van der Waals surface area contributed by atoms with Crippen molar-refractivity contribution in [2.24, 2.45) is 11.5 Å². The molecule has 3 unspecified atom stereocenters. The molecule has 2 fully saturated rings. The Labute approximate surface area is 169 Å². The van der Waals surface area contributed by atoms with Crippen molar-refractivity contribution in [3.05, 3.63) is 0 Å². The van der Waals surface area contributed by atoms with Crippen molar-refractivity contribution < 1.29 is 29.4 Å². The quantitative estimate of drug-likeness (QED) is 0.295. The third kappa shape index (κ3) is 5.03. The molecule has 164 valence electrons. The lowest BCUT2D eigenvalue weighted by Gasteiger charge is -2.33. The number of amides is 4. The fourth-order valence-corrected chi connectivity index (χ4v) is 3.86. The maximum atomic E-state index is 13.1. The van der Waals surface area contributed by atoms with Crippen molar-refractivity contribution in [3.8, 4) is 0 Å². The van der Waals surface area contributed by atoms with Crippen LogP contribution in [0.15, 0.2) is 0 Å². The highest BCUT2D eigenvalue weighted by Crippen LogP contribution is 2.25. The van der Waals surface area contributed by atoms with Crippen molar-refractivity contribution in [2.75, 3.05) is 13.1 Å². The van der Waals surface area contributed by atoms with Crippen LogP contribution in [0.1, 0.15) is 39.5 Å². The molecule has 11 nitrogen and oxygen atoms in total. The van der Waals surface area contributed by atoms with Crippen molar-refractivity contribution in [1.82, 2.24) is 15.1 Å². The van der Waals surface area contributed by atoms with E-state index >= 15 is 0 Å². The molecule has 0 radical (unpaired) electrons. The Morgan fingerprint density at radius 2 is 1.52 bits per heavy atom. The van der Waals surface area contributed by atoms with E-state index in [-0.39, 0.29) is 5.91 Å². The minimum Gasteiger partial charge on any atom is -0.391 e. The van der Waals surface area contributed by atoms with Gasteiger partial charge in [-0.05, 0) is 39.5 Å². The maximum absolute atomic E-state index is 13.1. The molecular weight excluding hydrogens is 382 g/mol. The first-order valence-corrected chi connectivity index (χ1v) is 9.88. The second-order valence-electron chi connectivity index (χ2n) is 7.77. The zero-order valence-electron chi connectivity index (χ0n) is 16.8. The Morgan fingerprint density at radius 1 is 0.966 bits per heavy atom. The van der Waals surface area contributed by atoms with E-state index in [1.165, 1.54) is 23.6 Å². The van der Waals surface area contributed by atoms with E-state index in [0.717, 1.165) is 0 Å². The number of aliphatic hydroxyl groups excluding tert-OH is 2. The van der Waals surface area contributed by atoms with Gasteiger partial charge in [-0.1, -0.05) is 0 Å². The molecule has 2 rings (SSSR count). The second kappa shape index (κ2) is 9.51. The zero-order valence-corrected chi connectivity index (χ0v) is 16.8. The Balaban J connectivity index is 2.11. The first kappa shape index (κ1) is 23.0. The molecule has 4 amide bonds. The van der Waals surface area contributed by atoms with Gasteiger partial charge >= 0.3 is 0 Å². The van der Waals surface area contributed by atoms with Gasteiger partial charge < -0.3 is 36.8 Å². The summed E-state index contributed by atoms with van der Waals surface area (Å²) >= 11 is 0. The minimum absolute atomic E-state index is 0.341. The first-order chi connectivity index (χ1) is 13.6. The highest BCUT2D eigenvalue weighted by molar-refractivity contribution is 5.95. The highest BCUT2D eigenvalue weighted by atomic mass is 16.3.